The molecule has 0 aliphatic heterocycles. The number of carbonyl (C=O) groups excluding carboxylic acids is 1. The summed E-state index contributed by atoms with van der Waals surface area (Å²) in [6, 6.07) is 8.03. The minimum absolute atomic E-state index is 0.127. The van der Waals surface area contributed by atoms with Crippen molar-refractivity contribution in [1.82, 2.24) is 0 Å². The highest BCUT2D eigenvalue weighted by atomic mass is 16.5. The quantitative estimate of drug-likeness (QED) is 0.750. The third kappa shape index (κ3) is 1.31. The number of benzene rings is 1. The zero-order valence-corrected chi connectivity index (χ0v) is 14.7. The van der Waals surface area contributed by atoms with Crippen LogP contribution in [0, 0.1) is 16.7 Å². The summed E-state index contributed by atoms with van der Waals surface area (Å²) in [5, 5.41) is 0. The topological polar surface area (TPSA) is 26.3 Å². The highest BCUT2D eigenvalue weighted by Crippen LogP contribution is 2.72. The fourth-order valence-electron chi connectivity index (χ4n) is 5.29. The summed E-state index contributed by atoms with van der Waals surface area (Å²) in [5.41, 5.74) is 2.82. The van der Waals surface area contributed by atoms with Crippen molar-refractivity contribution in [2.24, 2.45) is 16.7 Å². The first-order valence-electron chi connectivity index (χ1n) is 8.04. The smallest absolute Gasteiger partial charge is 0.154 e. The van der Waals surface area contributed by atoms with E-state index in [1.54, 1.807) is 7.11 Å². The van der Waals surface area contributed by atoms with E-state index in [0.29, 0.717) is 11.7 Å². The van der Waals surface area contributed by atoms with Crippen molar-refractivity contribution in [2.75, 3.05) is 7.11 Å². The van der Waals surface area contributed by atoms with Crippen LogP contribution in [0.1, 0.15) is 47.1 Å². The van der Waals surface area contributed by atoms with Gasteiger partial charge in [-0.25, -0.2) is 0 Å². The molecular weight excluding hydrogens is 272 g/mol. The Hall–Kier alpha value is -1.57. The van der Waals surface area contributed by atoms with Crippen molar-refractivity contribution < 1.29 is 9.53 Å². The second kappa shape index (κ2) is 4.24. The van der Waals surface area contributed by atoms with Crippen molar-refractivity contribution in [1.29, 1.82) is 0 Å². The van der Waals surface area contributed by atoms with E-state index in [1.165, 1.54) is 11.1 Å². The highest BCUT2D eigenvalue weighted by molar-refractivity contribution is 6.03. The molecule has 0 N–H and O–H groups in total. The lowest BCUT2D eigenvalue weighted by atomic mass is 9.57. The van der Waals surface area contributed by atoms with Crippen LogP contribution in [0.3, 0.4) is 0 Å². The Morgan fingerprint density at radius 1 is 1.00 bits per heavy atom. The SMILES string of the molecule is COc1ccc([C@@]2(C)C(=O)[C@]3(C)C(C)=C(C)[C@@]2(C)C3C)cc1. The second-order valence-electron chi connectivity index (χ2n) is 7.56. The number of fused-ring (bicyclic) bond motifs is 2. The Bertz CT molecular complexity index is 684. The van der Waals surface area contributed by atoms with E-state index in [0.717, 1.165) is 11.3 Å². The number of methoxy groups -OCH3 is 1. The summed E-state index contributed by atoms with van der Waals surface area (Å²) in [7, 11) is 1.67. The van der Waals surface area contributed by atoms with Gasteiger partial charge in [-0.2, -0.15) is 0 Å². The fraction of sp³-hybridized carbons (Fsp3) is 0.550. The van der Waals surface area contributed by atoms with Crippen molar-refractivity contribution in [2.45, 2.75) is 47.0 Å². The number of ether oxygens (including phenoxy) is 1. The van der Waals surface area contributed by atoms with Gasteiger partial charge in [0.25, 0.3) is 0 Å². The predicted octanol–water partition coefficient (Wildman–Crippen LogP) is 4.53. The monoisotopic (exact) mass is 298 g/mol. The van der Waals surface area contributed by atoms with E-state index in [1.807, 2.05) is 12.1 Å². The first kappa shape index (κ1) is 15.3. The van der Waals surface area contributed by atoms with Crippen molar-refractivity contribution in [3.05, 3.63) is 41.0 Å². The predicted molar refractivity (Wildman–Crippen MR) is 89.1 cm³/mol. The van der Waals surface area contributed by atoms with Crippen LogP contribution in [-0.4, -0.2) is 12.9 Å². The van der Waals surface area contributed by atoms with Gasteiger partial charge in [0, 0.05) is 5.41 Å². The standard InChI is InChI=1S/C20H26O2/c1-12-13(2)19(5)14(3)18(12,4)17(21)20(19,6)15-8-10-16(22-7)11-9-15/h8-11,14H,1-7H3/t14?,18-,19+,20+/m1/s1. The number of hydrogen-bond acceptors (Lipinski definition) is 2. The van der Waals surface area contributed by atoms with E-state index in [9.17, 15) is 4.79 Å². The maximum atomic E-state index is 13.5. The molecule has 2 heteroatoms. The summed E-state index contributed by atoms with van der Waals surface area (Å²) >= 11 is 0. The molecular formula is C20H26O2. The van der Waals surface area contributed by atoms with Crippen LogP contribution in [0.15, 0.2) is 35.4 Å². The summed E-state index contributed by atoms with van der Waals surface area (Å²) in [6.45, 7) is 13.1. The van der Waals surface area contributed by atoms with Crippen LogP contribution in [0.25, 0.3) is 0 Å². The van der Waals surface area contributed by atoms with Gasteiger partial charge >= 0.3 is 0 Å². The normalized spacial score (nSPS) is 40.5. The van der Waals surface area contributed by atoms with Gasteiger partial charge in [-0.1, -0.05) is 37.1 Å². The number of Topliss-reactive ketones (excluding diaryl/α,β-unsaturated/α-hetero) is 1. The highest BCUT2D eigenvalue weighted by Gasteiger charge is 2.73. The van der Waals surface area contributed by atoms with Gasteiger partial charge in [0.05, 0.1) is 17.9 Å². The lowest BCUT2D eigenvalue weighted by Gasteiger charge is -2.44. The van der Waals surface area contributed by atoms with E-state index in [-0.39, 0.29) is 10.8 Å². The summed E-state index contributed by atoms with van der Waals surface area (Å²) < 4.78 is 5.26. The maximum Gasteiger partial charge on any atom is 0.154 e. The van der Waals surface area contributed by atoms with Crippen molar-refractivity contribution in [3.8, 4) is 5.75 Å². The molecule has 2 nitrogen and oxygen atoms in total. The first-order valence-corrected chi connectivity index (χ1v) is 8.04. The second-order valence-corrected chi connectivity index (χ2v) is 7.56. The van der Waals surface area contributed by atoms with Crippen LogP contribution in [0.4, 0.5) is 0 Å². The number of allylic oxidation sites excluding steroid dienone is 2. The molecule has 0 heterocycles. The molecule has 0 spiro atoms. The molecule has 118 valence electrons. The fourth-order valence-corrected chi connectivity index (χ4v) is 5.29. The summed E-state index contributed by atoms with van der Waals surface area (Å²) in [6.07, 6.45) is 0. The molecule has 22 heavy (non-hydrogen) atoms. The Kier molecular flexibility index (Phi) is 2.96. The lowest BCUT2D eigenvalue weighted by molar-refractivity contribution is -0.129. The number of rotatable bonds is 2. The van der Waals surface area contributed by atoms with Crippen LogP contribution < -0.4 is 4.74 Å². The molecule has 3 rings (SSSR count). The minimum Gasteiger partial charge on any atom is -0.497 e. The molecule has 1 aromatic rings. The van der Waals surface area contributed by atoms with Gasteiger partial charge in [0.1, 0.15) is 5.75 Å². The van der Waals surface area contributed by atoms with Gasteiger partial charge < -0.3 is 4.74 Å². The van der Waals surface area contributed by atoms with Gasteiger partial charge in [-0.05, 0) is 51.3 Å². The molecule has 1 aromatic carbocycles. The molecule has 4 atom stereocenters. The van der Waals surface area contributed by atoms with E-state index >= 15 is 0 Å². The van der Waals surface area contributed by atoms with Crippen LogP contribution in [-0.2, 0) is 10.2 Å². The zero-order valence-electron chi connectivity index (χ0n) is 14.7. The molecule has 1 fully saturated rings. The molecule has 1 saturated carbocycles. The Morgan fingerprint density at radius 3 is 2.00 bits per heavy atom. The average molecular weight is 298 g/mol. The third-order valence-electron chi connectivity index (χ3n) is 7.48. The molecule has 2 aliphatic rings. The van der Waals surface area contributed by atoms with E-state index < -0.39 is 5.41 Å². The van der Waals surface area contributed by atoms with Gasteiger partial charge in [-0.15, -0.1) is 0 Å². The van der Waals surface area contributed by atoms with Crippen LogP contribution in [0.2, 0.25) is 0 Å². The first-order chi connectivity index (χ1) is 10.2. The van der Waals surface area contributed by atoms with Crippen LogP contribution in [0.5, 0.6) is 5.75 Å². The molecule has 0 aromatic heterocycles. The van der Waals surface area contributed by atoms with Crippen molar-refractivity contribution >= 4 is 5.78 Å². The van der Waals surface area contributed by atoms with Gasteiger partial charge in [0.2, 0.25) is 0 Å². The van der Waals surface area contributed by atoms with E-state index in [2.05, 4.69) is 53.7 Å². The third-order valence-corrected chi connectivity index (χ3v) is 7.48. The Labute approximate surface area is 133 Å². The van der Waals surface area contributed by atoms with E-state index in [4.69, 9.17) is 4.74 Å². The molecule has 2 aliphatic carbocycles. The molecule has 1 unspecified atom stereocenters. The number of ketones is 1. The van der Waals surface area contributed by atoms with Gasteiger partial charge in [-0.3, -0.25) is 4.79 Å². The minimum atomic E-state index is -0.475. The zero-order chi connectivity index (χ0) is 16.5. The summed E-state index contributed by atoms with van der Waals surface area (Å²) in [4.78, 5) is 13.5. The maximum absolute atomic E-state index is 13.5. The molecule has 2 bridgehead atoms. The molecule has 0 amide bonds. The Balaban J connectivity index is 2.25. The van der Waals surface area contributed by atoms with Gasteiger partial charge in [0.15, 0.2) is 5.78 Å². The number of carbonyl (C=O) groups is 1. The summed E-state index contributed by atoms with van der Waals surface area (Å²) in [5.74, 6) is 1.51. The lowest BCUT2D eigenvalue weighted by Crippen LogP contribution is -2.47. The average Bonchev–Trinajstić information content (AvgIpc) is 2.75. The molecule has 0 radical (unpaired) electrons. The van der Waals surface area contributed by atoms with Crippen molar-refractivity contribution in [3.63, 3.8) is 0 Å². The molecule has 0 saturated heterocycles. The largest absolute Gasteiger partial charge is 0.497 e. The van der Waals surface area contributed by atoms with Crippen LogP contribution >= 0.6 is 0 Å². The number of hydrogen-bond donors (Lipinski definition) is 0. The Morgan fingerprint density at radius 2 is 1.55 bits per heavy atom.